The lowest BCUT2D eigenvalue weighted by atomic mass is 9.92. The number of nitrogens with zero attached hydrogens (tertiary/aromatic N) is 1. The molecule has 0 saturated carbocycles. The first-order valence-corrected chi connectivity index (χ1v) is 6.32. The second-order valence-corrected chi connectivity index (χ2v) is 6.14. The molecule has 0 radical (unpaired) electrons. The topological polar surface area (TPSA) is 83.8 Å². The van der Waals surface area contributed by atoms with Crippen LogP contribution < -0.4 is 11.1 Å². The van der Waals surface area contributed by atoms with E-state index in [0.29, 0.717) is 18.2 Å². The van der Waals surface area contributed by atoms with Gasteiger partial charge in [0.05, 0.1) is 6.04 Å². The summed E-state index contributed by atoms with van der Waals surface area (Å²) in [6.45, 7) is 10.3. The maximum Gasteiger partial charge on any atom is 0.242 e. The van der Waals surface area contributed by atoms with E-state index in [-0.39, 0.29) is 11.3 Å². The standard InChI is InChI=1S/C13H24N4O/c1-8(2)6-9(14)12(18)15-11-7-10(16-17-11)13(3,4)5/h7-9H,6,14H2,1-5H3,(H2,15,16,17,18). The summed E-state index contributed by atoms with van der Waals surface area (Å²) < 4.78 is 0. The molecule has 1 aromatic heterocycles. The van der Waals surface area contributed by atoms with Crippen molar-refractivity contribution < 1.29 is 4.79 Å². The number of carbonyl (C=O) groups is 1. The molecule has 0 aliphatic carbocycles. The van der Waals surface area contributed by atoms with Crippen LogP contribution in [0.3, 0.4) is 0 Å². The Kier molecular flexibility index (Phi) is 4.51. The zero-order chi connectivity index (χ0) is 13.9. The molecular formula is C13H24N4O. The third kappa shape index (κ3) is 4.14. The number of aromatic amines is 1. The van der Waals surface area contributed by atoms with Crippen molar-refractivity contribution in [3.05, 3.63) is 11.8 Å². The molecule has 0 aliphatic rings. The van der Waals surface area contributed by atoms with E-state index in [4.69, 9.17) is 5.73 Å². The van der Waals surface area contributed by atoms with Crippen LogP contribution in [0, 0.1) is 5.92 Å². The number of rotatable bonds is 4. The number of H-pyrrole nitrogens is 1. The molecule has 1 unspecified atom stereocenters. The van der Waals surface area contributed by atoms with Crippen LogP contribution in [-0.2, 0) is 10.2 Å². The van der Waals surface area contributed by atoms with Gasteiger partial charge in [-0.1, -0.05) is 34.6 Å². The summed E-state index contributed by atoms with van der Waals surface area (Å²) in [6.07, 6.45) is 0.669. The monoisotopic (exact) mass is 252 g/mol. The Bertz CT molecular complexity index is 403. The van der Waals surface area contributed by atoms with Gasteiger partial charge in [-0.25, -0.2) is 0 Å². The summed E-state index contributed by atoms with van der Waals surface area (Å²) in [5.74, 6) is 0.745. The zero-order valence-corrected chi connectivity index (χ0v) is 11.9. The van der Waals surface area contributed by atoms with Gasteiger partial charge in [0, 0.05) is 17.2 Å². The predicted octanol–water partition coefficient (Wildman–Crippen LogP) is 2.02. The highest BCUT2D eigenvalue weighted by molar-refractivity contribution is 5.93. The van der Waals surface area contributed by atoms with Crippen molar-refractivity contribution >= 4 is 11.7 Å². The van der Waals surface area contributed by atoms with Crippen LogP contribution in [-0.4, -0.2) is 22.1 Å². The fraction of sp³-hybridized carbons (Fsp3) is 0.692. The van der Waals surface area contributed by atoms with Crippen LogP contribution in [0.2, 0.25) is 0 Å². The SMILES string of the molecule is CC(C)CC(N)C(=O)Nc1cc(C(C)(C)C)[nH]n1. The van der Waals surface area contributed by atoms with Gasteiger partial charge in [0.15, 0.2) is 5.82 Å². The molecule has 1 rings (SSSR count). The second kappa shape index (κ2) is 5.52. The fourth-order valence-electron chi connectivity index (χ4n) is 1.60. The Morgan fingerprint density at radius 1 is 1.50 bits per heavy atom. The van der Waals surface area contributed by atoms with Gasteiger partial charge < -0.3 is 11.1 Å². The molecule has 0 spiro atoms. The van der Waals surface area contributed by atoms with Gasteiger partial charge in [-0.2, -0.15) is 5.10 Å². The Labute approximate surface area is 109 Å². The fourth-order valence-corrected chi connectivity index (χ4v) is 1.60. The largest absolute Gasteiger partial charge is 0.320 e. The normalized spacial score (nSPS) is 13.7. The molecule has 4 N–H and O–H groups in total. The highest BCUT2D eigenvalue weighted by Gasteiger charge is 2.19. The highest BCUT2D eigenvalue weighted by atomic mass is 16.2. The molecule has 1 heterocycles. The smallest absolute Gasteiger partial charge is 0.242 e. The number of carbonyl (C=O) groups excluding carboxylic acids is 1. The van der Waals surface area contributed by atoms with Gasteiger partial charge in [0.25, 0.3) is 0 Å². The summed E-state index contributed by atoms with van der Waals surface area (Å²) in [7, 11) is 0. The van der Waals surface area contributed by atoms with E-state index in [1.54, 1.807) is 0 Å². The molecule has 1 amide bonds. The maximum absolute atomic E-state index is 11.8. The second-order valence-electron chi connectivity index (χ2n) is 6.14. The summed E-state index contributed by atoms with van der Waals surface area (Å²) in [4.78, 5) is 11.8. The van der Waals surface area contributed by atoms with Crippen LogP contribution in [0.4, 0.5) is 5.82 Å². The van der Waals surface area contributed by atoms with E-state index in [0.717, 1.165) is 5.69 Å². The predicted molar refractivity (Wildman–Crippen MR) is 73.3 cm³/mol. The molecule has 0 aromatic carbocycles. The van der Waals surface area contributed by atoms with Crippen LogP contribution >= 0.6 is 0 Å². The summed E-state index contributed by atoms with van der Waals surface area (Å²) >= 11 is 0. The molecule has 0 fully saturated rings. The van der Waals surface area contributed by atoms with Gasteiger partial charge in [-0.15, -0.1) is 0 Å². The van der Waals surface area contributed by atoms with E-state index < -0.39 is 6.04 Å². The van der Waals surface area contributed by atoms with E-state index in [1.165, 1.54) is 0 Å². The van der Waals surface area contributed by atoms with Crippen molar-refractivity contribution in [2.45, 2.75) is 52.5 Å². The van der Waals surface area contributed by atoms with Crippen LogP contribution in [0.1, 0.15) is 46.7 Å². The van der Waals surface area contributed by atoms with Gasteiger partial charge in [-0.3, -0.25) is 9.89 Å². The molecule has 18 heavy (non-hydrogen) atoms. The van der Waals surface area contributed by atoms with Crippen LogP contribution in [0.25, 0.3) is 0 Å². The lowest BCUT2D eigenvalue weighted by Crippen LogP contribution is -2.36. The molecule has 0 bridgehead atoms. The Morgan fingerprint density at radius 2 is 2.11 bits per heavy atom. The van der Waals surface area contributed by atoms with Crippen molar-refractivity contribution in [1.82, 2.24) is 10.2 Å². The van der Waals surface area contributed by atoms with Crippen molar-refractivity contribution in [2.75, 3.05) is 5.32 Å². The van der Waals surface area contributed by atoms with Crippen molar-refractivity contribution in [3.8, 4) is 0 Å². The summed E-state index contributed by atoms with van der Waals surface area (Å²) in [5.41, 5.74) is 6.77. The van der Waals surface area contributed by atoms with Crippen LogP contribution in [0.5, 0.6) is 0 Å². The number of anilines is 1. The number of hydrogen-bond donors (Lipinski definition) is 3. The number of nitrogens with two attached hydrogens (primary N) is 1. The van der Waals surface area contributed by atoms with Crippen molar-refractivity contribution in [2.24, 2.45) is 11.7 Å². The molecule has 5 heteroatoms. The molecule has 0 saturated heterocycles. The minimum Gasteiger partial charge on any atom is -0.320 e. The Morgan fingerprint density at radius 3 is 2.56 bits per heavy atom. The zero-order valence-electron chi connectivity index (χ0n) is 11.9. The first kappa shape index (κ1) is 14.7. The average Bonchev–Trinajstić information content (AvgIpc) is 2.64. The van der Waals surface area contributed by atoms with Gasteiger partial charge in [0.2, 0.25) is 5.91 Å². The molecule has 102 valence electrons. The van der Waals surface area contributed by atoms with Crippen molar-refractivity contribution in [1.29, 1.82) is 0 Å². The number of hydrogen-bond acceptors (Lipinski definition) is 3. The quantitative estimate of drug-likeness (QED) is 0.766. The first-order chi connectivity index (χ1) is 8.20. The summed E-state index contributed by atoms with van der Waals surface area (Å²) in [5, 5.41) is 9.73. The summed E-state index contributed by atoms with van der Waals surface area (Å²) in [6, 6.07) is 1.36. The molecule has 1 aromatic rings. The molecule has 1 atom stereocenters. The van der Waals surface area contributed by atoms with E-state index in [1.807, 2.05) is 19.9 Å². The molecule has 5 nitrogen and oxygen atoms in total. The maximum atomic E-state index is 11.8. The third-order valence-electron chi connectivity index (χ3n) is 2.70. The Hall–Kier alpha value is -1.36. The third-order valence-corrected chi connectivity index (χ3v) is 2.70. The lowest BCUT2D eigenvalue weighted by molar-refractivity contribution is -0.117. The average molecular weight is 252 g/mol. The van der Waals surface area contributed by atoms with E-state index in [9.17, 15) is 4.79 Å². The Balaban J connectivity index is 2.63. The number of nitrogens with one attached hydrogen (secondary N) is 2. The molecular weight excluding hydrogens is 228 g/mol. The van der Waals surface area contributed by atoms with E-state index in [2.05, 4.69) is 36.3 Å². The first-order valence-electron chi connectivity index (χ1n) is 6.32. The van der Waals surface area contributed by atoms with Crippen molar-refractivity contribution in [3.63, 3.8) is 0 Å². The van der Waals surface area contributed by atoms with Gasteiger partial charge >= 0.3 is 0 Å². The van der Waals surface area contributed by atoms with Gasteiger partial charge in [-0.05, 0) is 12.3 Å². The van der Waals surface area contributed by atoms with Crippen LogP contribution in [0.15, 0.2) is 6.07 Å². The minimum atomic E-state index is -0.486. The minimum absolute atomic E-state index is 0.0178. The molecule has 0 aliphatic heterocycles. The highest BCUT2D eigenvalue weighted by Crippen LogP contribution is 2.21. The number of aromatic nitrogens is 2. The number of amides is 1. The van der Waals surface area contributed by atoms with Gasteiger partial charge in [0.1, 0.15) is 0 Å². The van der Waals surface area contributed by atoms with E-state index >= 15 is 0 Å². The lowest BCUT2D eigenvalue weighted by Gasteiger charge is -2.15.